The van der Waals surface area contributed by atoms with Gasteiger partial charge in [-0.05, 0) is 11.6 Å². The summed E-state index contributed by atoms with van der Waals surface area (Å²) < 4.78 is 0. The lowest BCUT2D eigenvalue weighted by molar-refractivity contribution is 1.11. The zero-order valence-corrected chi connectivity index (χ0v) is 13.1. The van der Waals surface area contributed by atoms with Crippen molar-refractivity contribution in [3.05, 3.63) is 84.7 Å². The summed E-state index contributed by atoms with van der Waals surface area (Å²) in [5.74, 6) is 0.752. The van der Waals surface area contributed by atoms with Gasteiger partial charge < -0.3 is 5.32 Å². The van der Waals surface area contributed by atoms with Gasteiger partial charge in [0.2, 0.25) is 0 Å². The van der Waals surface area contributed by atoms with E-state index in [1.54, 1.807) is 12.4 Å². The average Bonchev–Trinajstić information content (AvgIpc) is 2.67. The van der Waals surface area contributed by atoms with E-state index in [1.165, 1.54) is 5.56 Å². The van der Waals surface area contributed by atoms with E-state index in [-0.39, 0.29) is 0 Å². The molecule has 0 saturated carbocycles. The van der Waals surface area contributed by atoms with E-state index in [0.29, 0.717) is 6.54 Å². The monoisotopic (exact) mass is 312 g/mol. The third kappa shape index (κ3) is 2.94. The fraction of sp³-hybridized carbons (Fsp3) is 0.0500. The smallest absolute Gasteiger partial charge is 0.154 e. The molecule has 0 saturated heterocycles. The van der Waals surface area contributed by atoms with Crippen LogP contribution in [-0.2, 0) is 6.54 Å². The van der Waals surface area contributed by atoms with Gasteiger partial charge in [-0.2, -0.15) is 0 Å². The predicted octanol–water partition coefficient (Wildman–Crippen LogP) is 4.30. The number of rotatable bonds is 4. The fourth-order valence-electron chi connectivity index (χ4n) is 2.60. The molecule has 4 rings (SSSR count). The Morgan fingerprint density at radius 2 is 1.54 bits per heavy atom. The lowest BCUT2D eigenvalue weighted by Gasteiger charge is -2.09. The Balaban J connectivity index is 1.70. The maximum Gasteiger partial charge on any atom is 0.154 e. The molecule has 0 radical (unpaired) electrons. The summed E-state index contributed by atoms with van der Waals surface area (Å²) in [4.78, 5) is 13.7. The molecule has 4 nitrogen and oxygen atoms in total. The summed E-state index contributed by atoms with van der Waals surface area (Å²) in [6, 6.07) is 22.2. The quantitative estimate of drug-likeness (QED) is 0.610. The number of anilines is 1. The molecule has 2 heterocycles. The Kier molecular flexibility index (Phi) is 3.86. The van der Waals surface area contributed by atoms with Crippen LogP contribution in [0.2, 0.25) is 0 Å². The Labute approximate surface area is 140 Å². The summed E-state index contributed by atoms with van der Waals surface area (Å²) >= 11 is 0. The number of fused-ring (bicyclic) bond motifs is 1. The van der Waals surface area contributed by atoms with E-state index in [0.717, 1.165) is 28.1 Å². The van der Waals surface area contributed by atoms with Crippen LogP contribution in [-0.4, -0.2) is 15.0 Å². The molecule has 0 unspecified atom stereocenters. The summed E-state index contributed by atoms with van der Waals surface area (Å²) in [6.07, 6.45) is 3.56. The molecule has 4 aromatic rings. The molecule has 1 N–H and O–H groups in total. The first-order chi connectivity index (χ1) is 11.9. The largest absolute Gasteiger partial charge is 0.364 e. The van der Waals surface area contributed by atoms with Crippen molar-refractivity contribution in [2.75, 3.05) is 5.32 Å². The van der Waals surface area contributed by atoms with E-state index < -0.39 is 0 Å². The fourth-order valence-corrected chi connectivity index (χ4v) is 2.60. The van der Waals surface area contributed by atoms with E-state index in [1.807, 2.05) is 54.6 Å². The maximum absolute atomic E-state index is 4.77. The highest BCUT2D eigenvalue weighted by Gasteiger charge is 2.07. The molecule has 2 aromatic carbocycles. The predicted molar refractivity (Wildman–Crippen MR) is 96.5 cm³/mol. The van der Waals surface area contributed by atoms with Crippen molar-refractivity contribution in [3.63, 3.8) is 0 Å². The van der Waals surface area contributed by atoms with Gasteiger partial charge in [-0.15, -0.1) is 0 Å². The van der Waals surface area contributed by atoms with Gasteiger partial charge in [0.05, 0.1) is 17.4 Å². The Morgan fingerprint density at radius 1 is 0.792 bits per heavy atom. The van der Waals surface area contributed by atoms with Gasteiger partial charge in [-0.3, -0.25) is 4.98 Å². The van der Waals surface area contributed by atoms with Crippen molar-refractivity contribution in [3.8, 4) is 11.3 Å². The van der Waals surface area contributed by atoms with E-state index in [2.05, 4.69) is 27.4 Å². The number of hydrogen-bond acceptors (Lipinski definition) is 4. The number of benzene rings is 2. The molecule has 0 atom stereocenters. The Hall–Kier alpha value is -3.27. The van der Waals surface area contributed by atoms with Gasteiger partial charge in [-0.25, -0.2) is 9.97 Å². The van der Waals surface area contributed by atoms with Gasteiger partial charge in [0, 0.05) is 18.3 Å². The third-order valence-corrected chi connectivity index (χ3v) is 3.83. The average molecular weight is 312 g/mol. The minimum absolute atomic E-state index is 0.699. The normalized spacial score (nSPS) is 10.7. The second-order valence-electron chi connectivity index (χ2n) is 5.49. The number of hydrogen-bond donors (Lipinski definition) is 1. The van der Waals surface area contributed by atoms with Crippen LogP contribution in [0.4, 0.5) is 5.82 Å². The van der Waals surface area contributed by atoms with Crippen LogP contribution in [0.1, 0.15) is 5.56 Å². The molecular formula is C20H16N4. The highest BCUT2D eigenvalue weighted by Crippen LogP contribution is 2.22. The van der Waals surface area contributed by atoms with Crippen LogP contribution in [0.15, 0.2) is 79.1 Å². The van der Waals surface area contributed by atoms with Crippen molar-refractivity contribution >= 4 is 16.9 Å². The molecule has 0 fully saturated rings. The van der Waals surface area contributed by atoms with Crippen molar-refractivity contribution in [1.29, 1.82) is 0 Å². The van der Waals surface area contributed by atoms with Crippen LogP contribution in [0, 0.1) is 0 Å². The topological polar surface area (TPSA) is 50.7 Å². The van der Waals surface area contributed by atoms with E-state index in [9.17, 15) is 0 Å². The molecular weight excluding hydrogens is 296 g/mol. The first kappa shape index (κ1) is 14.3. The van der Waals surface area contributed by atoms with E-state index in [4.69, 9.17) is 4.98 Å². The van der Waals surface area contributed by atoms with Crippen LogP contribution in [0.5, 0.6) is 0 Å². The molecule has 24 heavy (non-hydrogen) atoms. The number of aromatic nitrogens is 3. The van der Waals surface area contributed by atoms with Gasteiger partial charge in [0.1, 0.15) is 5.52 Å². The molecule has 0 aliphatic carbocycles. The SMILES string of the molecule is c1ccc(CNc2nccc3ncc(-c4ccccc4)nc23)cc1. The molecule has 0 aliphatic heterocycles. The number of nitrogens with one attached hydrogen (secondary N) is 1. The van der Waals surface area contributed by atoms with Crippen LogP contribution < -0.4 is 5.32 Å². The van der Waals surface area contributed by atoms with E-state index >= 15 is 0 Å². The minimum atomic E-state index is 0.699. The number of nitrogens with zero attached hydrogens (tertiary/aromatic N) is 3. The van der Waals surface area contributed by atoms with Gasteiger partial charge >= 0.3 is 0 Å². The number of pyridine rings is 1. The van der Waals surface area contributed by atoms with Gasteiger partial charge in [-0.1, -0.05) is 60.7 Å². The zero-order valence-electron chi connectivity index (χ0n) is 13.1. The highest BCUT2D eigenvalue weighted by atomic mass is 15.0. The van der Waals surface area contributed by atoms with Crippen LogP contribution in [0.25, 0.3) is 22.3 Å². The molecule has 0 aliphatic rings. The Bertz CT molecular complexity index is 953. The van der Waals surface area contributed by atoms with Crippen LogP contribution >= 0.6 is 0 Å². The molecule has 2 aromatic heterocycles. The molecule has 4 heteroatoms. The summed E-state index contributed by atoms with van der Waals surface area (Å²) in [5, 5.41) is 3.37. The second kappa shape index (κ2) is 6.46. The lowest BCUT2D eigenvalue weighted by Crippen LogP contribution is -2.03. The molecule has 0 amide bonds. The standard InChI is InChI=1S/C20H16N4/c1-3-7-15(8-4-1)13-23-20-19-17(11-12-21-20)22-14-18(24-19)16-9-5-2-6-10-16/h1-12,14H,13H2,(H,21,23). The lowest BCUT2D eigenvalue weighted by atomic mass is 10.1. The zero-order chi connectivity index (χ0) is 16.2. The molecule has 116 valence electrons. The Morgan fingerprint density at radius 3 is 2.33 bits per heavy atom. The summed E-state index contributed by atoms with van der Waals surface area (Å²) in [5.41, 5.74) is 4.71. The third-order valence-electron chi connectivity index (χ3n) is 3.83. The summed E-state index contributed by atoms with van der Waals surface area (Å²) in [6.45, 7) is 0.699. The van der Waals surface area contributed by atoms with Gasteiger partial charge in [0.25, 0.3) is 0 Å². The van der Waals surface area contributed by atoms with Crippen molar-refractivity contribution in [2.45, 2.75) is 6.54 Å². The van der Waals surface area contributed by atoms with Crippen LogP contribution in [0.3, 0.4) is 0 Å². The highest BCUT2D eigenvalue weighted by molar-refractivity contribution is 5.86. The first-order valence-electron chi connectivity index (χ1n) is 7.85. The van der Waals surface area contributed by atoms with Gasteiger partial charge in [0.15, 0.2) is 5.82 Å². The van der Waals surface area contributed by atoms with Crippen molar-refractivity contribution in [2.24, 2.45) is 0 Å². The minimum Gasteiger partial charge on any atom is -0.364 e. The first-order valence-corrected chi connectivity index (χ1v) is 7.85. The van der Waals surface area contributed by atoms with Crippen molar-refractivity contribution in [1.82, 2.24) is 15.0 Å². The molecule has 0 bridgehead atoms. The molecule has 0 spiro atoms. The summed E-state index contributed by atoms with van der Waals surface area (Å²) in [7, 11) is 0. The second-order valence-corrected chi connectivity index (χ2v) is 5.49. The van der Waals surface area contributed by atoms with Crippen molar-refractivity contribution < 1.29 is 0 Å². The maximum atomic E-state index is 4.77.